The Morgan fingerprint density at radius 3 is 2.90 bits per heavy atom. The van der Waals surface area contributed by atoms with Crippen LogP contribution in [0.5, 0.6) is 5.75 Å². The van der Waals surface area contributed by atoms with Crippen molar-refractivity contribution in [2.45, 2.75) is 12.8 Å². The number of hydrogen-bond acceptors (Lipinski definition) is 3. The van der Waals surface area contributed by atoms with E-state index in [0.29, 0.717) is 19.4 Å². The van der Waals surface area contributed by atoms with Gasteiger partial charge in [0.15, 0.2) is 0 Å². The van der Waals surface area contributed by atoms with Crippen molar-refractivity contribution >= 4 is 15.9 Å². The summed E-state index contributed by atoms with van der Waals surface area (Å²) in [5.74, 6) is 0.891. The van der Waals surface area contributed by atoms with Crippen molar-refractivity contribution in [3.8, 4) is 11.8 Å². The highest BCUT2D eigenvalue weighted by Crippen LogP contribution is 2.36. The van der Waals surface area contributed by atoms with E-state index in [1.54, 1.807) is 6.20 Å². The molecule has 1 aliphatic heterocycles. The van der Waals surface area contributed by atoms with Gasteiger partial charge in [0.25, 0.3) is 0 Å². The minimum absolute atomic E-state index is 0.415. The third kappa shape index (κ3) is 2.54. The molecule has 0 saturated heterocycles. The first kappa shape index (κ1) is 13.1. The highest BCUT2D eigenvalue weighted by atomic mass is 79.9. The van der Waals surface area contributed by atoms with Gasteiger partial charge in [0, 0.05) is 22.8 Å². The van der Waals surface area contributed by atoms with E-state index in [2.05, 4.69) is 27.0 Å². The molecule has 0 spiro atoms. The van der Waals surface area contributed by atoms with Crippen molar-refractivity contribution in [3.05, 3.63) is 58.3 Å². The topological polar surface area (TPSA) is 45.9 Å². The highest BCUT2D eigenvalue weighted by Gasteiger charge is 2.36. The Kier molecular flexibility index (Phi) is 3.45. The van der Waals surface area contributed by atoms with Crippen molar-refractivity contribution in [2.24, 2.45) is 5.41 Å². The molecule has 0 radical (unpaired) electrons. The van der Waals surface area contributed by atoms with Crippen LogP contribution in [0.2, 0.25) is 0 Å². The third-order valence-electron chi connectivity index (χ3n) is 3.55. The van der Waals surface area contributed by atoms with Gasteiger partial charge in [-0.3, -0.25) is 4.98 Å². The predicted octanol–water partition coefficient (Wildman–Crippen LogP) is 3.53. The third-order valence-corrected chi connectivity index (χ3v) is 4.02. The lowest BCUT2D eigenvalue weighted by molar-refractivity contribution is 0.168. The molecule has 2 heterocycles. The highest BCUT2D eigenvalue weighted by molar-refractivity contribution is 9.10. The molecule has 0 amide bonds. The Bertz CT molecular complexity index is 663. The van der Waals surface area contributed by atoms with Gasteiger partial charge < -0.3 is 4.74 Å². The Morgan fingerprint density at radius 1 is 1.30 bits per heavy atom. The van der Waals surface area contributed by atoms with Gasteiger partial charge in [-0.2, -0.15) is 5.26 Å². The molecule has 1 aromatic heterocycles. The number of ether oxygens (including phenoxy) is 1. The van der Waals surface area contributed by atoms with E-state index < -0.39 is 5.41 Å². The summed E-state index contributed by atoms with van der Waals surface area (Å²) in [5.41, 5.74) is 1.48. The molecule has 0 N–H and O–H groups in total. The van der Waals surface area contributed by atoms with Crippen LogP contribution in [-0.4, -0.2) is 11.6 Å². The molecule has 3 rings (SSSR count). The molecule has 0 fully saturated rings. The first-order chi connectivity index (χ1) is 9.71. The van der Waals surface area contributed by atoms with E-state index >= 15 is 0 Å². The average molecular weight is 329 g/mol. The largest absolute Gasteiger partial charge is 0.492 e. The molecular formula is C16H13BrN2O. The molecule has 1 aliphatic rings. The van der Waals surface area contributed by atoms with Crippen LogP contribution in [0.3, 0.4) is 0 Å². The summed E-state index contributed by atoms with van der Waals surface area (Å²) in [6.07, 6.45) is 3.07. The molecule has 0 saturated carbocycles. The summed E-state index contributed by atoms with van der Waals surface area (Å²) in [4.78, 5) is 4.37. The van der Waals surface area contributed by atoms with Crippen molar-refractivity contribution in [3.63, 3.8) is 0 Å². The van der Waals surface area contributed by atoms with Gasteiger partial charge in [0.1, 0.15) is 17.8 Å². The number of benzene rings is 1. The molecular weight excluding hydrogens is 316 g/mol. The fourth-order valence-corrected chi connectivity index (χ4v) is 2.74. The monoisotopic (exact) mass is 328 g/mol. The molecule has 2 aromatic rings. The quantitative estimate of drug-likeness (QED) is 0.847. The number of aromatic nitrogens is 1. The zero-order chi connectivity index (χ0) is 14.0. The van der Waals surface area contributed by atoms with Crippen LogP contribution in [0.4, 0.5) is 0 Å². The van der Waals surface area contributed by atoms with Gasteiger partial charge in [0.2, 0.25) is 0 Å². The Labute approximate surface area is 126 Å². The van der Waals surface area contributed by atoms with E-state index in [1.165, 1.54) is 0 Å². The number of nitrogens with zero attached hydrogens (tertiary/aromatic N) is 2. The molecule has 4 heteroatoms. The second kappa shape index (κ2) is 5.26. The molecule has 100 valence electrons. The fourth-order valence-electron chi connectivity index (χ4n) is 2.50. The van der Waals surface area contributed by atoms with Crippen LogP contribution in [0.1, 0.15) is 11.3 Å². The summed E-state index contributed by atoms with van der Waals surface area (Å²) in [6, 6.07) is 14.3. The van der Waals surface area contributed by atoms with Gasteiger partial charge in [-0.05, 0) is 46.1 Å². The first-order valence-electron chi connectivity index (χ1n) is 6.43. The molecule has 3 nitrogen and oxygen atoms in total. The Hall–Kier alpha value is -1.86. The van der Waals surface area contributed by atoms with Crippen LogP contribution < -0.4 is 4.74 Å². The second-order valence-corrected chi connectivity index (χ2v) is 6.03. The second-order valence-electron chi connectivity index (χ2n) is 5.11. The van der Waals surface area contributed by atoms with E-state index in [9.17, 15) is 5.26 Å². The number of para-hydroxylation sites is 1. The number of rotatable bonds is 2. The van der Waals surface area contributed by atoms with Crippen molar-refractivity contribution in [2.75, 3.05) is 6.61 Å². The Morgan fingerprint density at radius 2 is 2.15 bits per heavy atom. The molecule has 0 bridgehead atoms. The average Bonchev–Trinajstić information content (AvgIpc) is 2.49. The normalized spacial score (nSPS) is 20.6. The maximum absolute atomic E-state index is 9.62. The van der Waals surface area contributed by atoms with E-state index in [1.807, 2.05) is 36.4 Å². The van der Waals surface area contributed by atoms with E-state index in [0.717, 1.165) is 21.5 Å². The lowest BCUT2D eigenvalue weighted by atomic mass is 9.78. The zero-order valence-electron chi connectivity index (χ0n) is 10.8. The van der Waals surface area contributed by atoms with Crippen molar-refractivity contribution < 1.29 is 4.74 Å². The molecule has 1 unspecified atom stereocenters. The fraction of sp³-hybridized carbons (Fsp3) is 0.250. The van der Waals surface area contributed by atoms with Crippen molar-refractivity contribution in [1.29, 1.82) is 5.26 Å². The number of halogens is 1. The zero-order valence-corrected chi connectivity index (χ0v) is 12.4. The lowest BCUT2D eigenvalue weighted by Crippen LogP contribution is -2.35. The summed E-state index contributed by atoms with van der Waals surface area (Å²) in [6.45, 7) is 0.415. The van der Waals surface area contributed by atoms with E-state index in [-0.39, 0.29) is 0 Å². The van der Waals surface area contributed by atoms with Crippen LogP contribution in [0, 0.1) is 16.7 Å². The van der Waals surface area contributed by atoms with Gasteiger partial charge in [0.05, 0.1) is 6.07 Å². The molecule has 20 heavy (non-hydrogen) atoms. The number of pyridine rings is 1. The minimum Gasteiger partial charge on any atom is -0.492 e. The van der Waals surface area contributed by atoms with Crippen LogP contribution in [-0.2, 0) is 12.8 Å². The summed E-state index contributed by atoms with van der Waals surface area (Å²) in [7, 11) is 0. The number of nitriles is 1. The van der Waals surface area contributed by atoms with Crippen molar-refractivity contribution in [1.82, 2.24) is 4.98 Å². The molecule has 1 aromatic carbocycles. The van der Waals surface area contributed by atoms with Gasteiger partial charge >= 0.3 is 0 Å². The van der Waals surface area contributed by atoms with Crippen LogP contribution in [0.15, 0.2) is 47.1 Å². The Balaban J connectivity index is 1.87. The van der Waals surface area contributed by atoms with Crippen LogP contribution >= 0.6 is 15.9 Å². The smallest absolute Gasteiger partial charge is 0.122 e. The predicted molar refractivity (Wildman–Crippen MR) is 79.3 cm³/mol. The molecule has 0 aliphatic carbocycles. The molecule has 1 atom stereocenters. The van der Waals surface area contributed by atoms with Gasteiger partial charge in [-0.15, -0.1) is 0 Å². The minimum atomic E-state index is -0.533. The first-order valence-corrected chi connectivity index (χ1v) is 7.22. The number of fused-ring (bicyclic) bond motifs is 1. The van der Waals surface area contributed by atoms with E-state index in [4.69, 9.17) is 4.74 Å². The standard InChI is InChI=1S/C16H13BrN2O/c17-13-5-6-14(19-9-13)8-16(10-18)7-12-3-1-2-4-15(12)20-11-16/h1-6,9H,7-8,11H2. The summed E-state index contributed by atoms with van der Waals surface area (Å²) < 4.78 is 6.71. The summed E-state index contributed by atoms with van der Waals surface area (Å²) in [5, 5.41) is 9.62. The maximum Gasteiger partial charge on any atom is 0.122 e. The van der Waals surface area contributed by atoms with Crippen LogP contribution in [0.25, 0.3) is 0 Å². The maximum atomic E-state index is 9.62. The van der Waals surface area contributed by atoms with Gasteiger partial charge in [-0.25, -0.2) is 0 Å². The number of hydrogen-bond donors (Lipinski definition) is 0. The SMILES string of the molecule is N#CC1(Cc2ccc(Br)cn2)COc2ccccc2C1. The van der Waals surface area contributed by atoms with Gasteiger partial charge in [-0.1, -0.05) is 18.2 Å². The summed E-state index contributed by atoms with van der Waals surface area (Å²) >= 11 is 3.37. The lowest BCUT2D eigenvalue weighted by Gasteiger charge is -2.32.